The summed E-state index contributed by atoms with van der Waals surface area (Å²) in [5.74, 6) is -0.0292. The van der Waals surface area contributed by atoms with Gasteiger partial charge in [0.05, 0.1) is 0 Å². The molecule has 0 aliphatic heterocycles. The third kappa shape index (κ3) is 8.54. The van der Waals surface area contributed by atoms with Gasteiger partial charge in [-0.3, -0.25) is 4.79 Å². The lowest BCUT2D eigenvalue weighted by atomic mass is 10.1. The number of benzene rings is 2. The second-order valence-electron chi connectivity index (χ2n) is 7.00. The van der Waals surface area contributed by atoms with Crippen LogP contribution >= 0.6 is 12.4 Å². The second kappa shape index (κ2) is 12.8. The second-order valence-corrected chi connectivity index (χ2v) is 7.00. The molecule has 0 aliphatic rings. The Balaban J connectivity index is 0.00000420. The van der Waals surface area contributed by atoms with Crippen molar-refractivity contribution in [1.29, 1.82) is 0 Å². The van der Waals surface area contributed by atoms with Crippen LogP contribution in [0.2, 0.25) is 0 Å². The Bertz CT molecular complexity index is 751. The summed E-state index contributed by atoms with van der Waals surface area (Å²) in [5.41, 5.74) is 8.45. The Morgan fingerprint density at radius 2 is 1.62 bits per heavy atom. The zero-order chi connectivity index (χ0) is 20.4. The van der Waals surface area contributed by atoms with Gasteiger partial charge in [-0.05, 0) is 43.5 Å². The van der Waals surface area contributed by atoms with Gasteiger partial charge in [-0.1, -0.05) is 42.5 Å². The van der Waals surface area contributed by atoms with E-state index in [-0.39, 0.29) is 30.4 Å². The molecule has 0 spiro atoms. The van der Waals surface area contributed by atoms with Crippen LogP contribution in [0.5, 0.6) is 0 Å². The number of hydrogen-bond donors (Lipinski definition) is 3. The fourth-order valence-corrected chi connectivity index (χ4v) is 2.82. The Morgan fingerprint density at radius 1 is 0.966 bits per heavy atom. The Labute approximate surface area is 179 Å². The summed E-state index contributed by atoms with van der Waals surface area (Å²) in [6, 6.07) is 17.3. The number of rotatable bonds is 9. The fourth-order valence-electron chi connectivity index (χ4n) is 2.82. The van der Waals surface area contributed by atoms with E-state index in [0.29, 0.717) is 31.7 Å². The molecular formula is C22H31ClN4O2. The Morgan fingerprint density at radius 3 is 2.21 bits per heavy atom. The van der Waals surface area contributed by atoms with Crippen LogP contribution in [0.3, 0.4) is 0 Å². The maximum Gasteiger partial charge on any atom is 0.315 e. The lowest BCUT2D eigenvalue weighted by Crippen LogP contribution is -2.39. The third-order valence-corrected chi connectivity index (χ3v) is 4.27. The average Bonchev–Trinajstić information content (AvgIpc) is 2.70. The van der Waals surface area contributed by atoms with Gasteiger partial charge < -0.3 is 21.3 Å². The van der Waals surface area contributed by atoms with Crippen LogP contribution in [-0.4, -0.2) is 42.5 Å². The van der Waals surface area contributed by atoms with E-state index >= 15 is 0 Å². The van der Waals surface area contributed by atoms with Gasteiger partial charge in [-0.25, -0.2) is 4.79 Å². The zero-order valence-corrected chi connectivity index (χ0v) is 17.9. The van der Waals surface area contributed by atoms with Crippen molar-refractivity contribution in [2.45, 2.75) is 32.9 Å². The quantitative estimate of drug-likeness (QED) is 0.585. The number of carbonyl (C=O) groups excluding carboxylic acids is 2. The number of nitrogens with one attached hydrogen (secondary N) is 2. The number of urea groups is 1. The average molecular weight is 419 g/mol. The van der Waals surface area contributed by atoms with Gasteiger partial charge in [-0.15, -0.1) is 12.4 Å². The monoisotopic (exact) mass is 418 g/mol. The van der Waals surface area contributed by atoms with Crippen LogP contribution < -0.4 is 16.4 Å². The van der Waals surface area contributed by atoms with Crippen molar-refractivity contribution in [2.75, 3.05) is 19.6 Å². The van der Waals surface area contributed by atoms with E-state index in [1.165, 1.54) is 5.56 Å². The van der Waals surface area contributed by atoms with Gasteiger partial charge in [0.1, 0.15) is 0 Å². The third-order valence-electron chi connectivity index (χ3n) is 4.27. The highest BCUT2D eigenvalue weighted by Crippen LogP contribution is 2.09. The lowest BCUT2D eigenvalue weighted by Gasteiger charge is -2.22. The van der Waals surface area contributed by atoms with Gasteiger partial charge in [-0.2, -0.15) is 0 Å². The first kappa shape index (κ1) is 24.5. The lowest BCUT2D eigenvalue weighted by molar-refractivity contribution is 0.0762. The van der Waals surface area contributed by atoms with E-state index in [9.17, 15) is 9.59 Å². The van der Waals surface area contributed by atoms with Gasteiger partial charge in [0, 0.05) is 37.8 Å². The predicted molar refractivity (Wildman–Crippen MR) is 119 cm³/mol. The number of amides is 3. The van der Waals surface area contributed by atoms with Crippen molar-refractivity contribution in [3.05, 3.63) is 71.3 Å². The van der Waals surface area contributed by atoms with Gasteiger partial charge in [0.15, 0.2) is 0 Å². The molecule has 7 heteroatoms. The topological polar surface area (TPSA) is 87.5 Å². The summed E-state index contributed by atoms with van der Waals surface area (Å²) < 4.78 is 0. The number of nitrogens with two attached hydrogens (primary N) is 1. The summed E-state index contributed by atoms with van der Waals surface area (Å²) in [4.78, 5) is 26.3. The molecule has 2 rings (SSSR count). The highest BCUT2D eigenvalue weighted by molar-refractivity contribution is 5.94. The molecule has 0 atom stereocenters. The molecule has 0 bridgehead atoms. The molecule has 6 nitrogen and oxygen atoms in total. The molecule has 158 valence electrons. The molecule has 2 aromatic rings. The largest absolute Gasteiger partial charge is 0.337 e. The van der Waals surface area contributed by atoms with Crippen molar-refractivity contribution in [2.24, 2.45) is 5.73 Å². The maximum absolute atomic E-state index is 12.8. The summed E-state index contributed by atoms with van der Waals surface area (Å²) in [6.07, 6.45) is 0.791. The SMILES string of the molecule is CC(C)NC(=O)NCc1ccc(C(=O)N(CCN)CCc2ccccc2)cc1.Cl. The van der Waals surface area contributed by atoms with E-state index in [0.717, 1.165) is 12.0 Å². The molecule has 0 aromatic heterocycles. The van der Waals surface area contributed by atoms with Crippen LogP contribution in [0.4, 0.5) is 4.79 Å². The first-order valence-electron chi connectivity index (χ1n) is 9.66. The highest BCUT2D eigenvalue weighted by Gasteiger charge is 2.15. The minimum Gasteiger partial charge on any atom is -0.337 e. The molecule has 0 unspecified atom stereocenters. The van der Waals surface area contributed by atoms with Crippen LogP contribution in [0.1, 0.15) is 35.3 Å². The standard InChI is InChI=1S/C22H30N4O2.ClH/c1-17(2)25-22(28)24-16-19-8-10-20(11-9-19)21(27)26(15-13-23)14-12-18-6-4-3-5-7-18;/h3-11,17H,12-16,23H2,1-2H3,(H2,24,25,28);1H. The first-order chi connectivity index (χ1) is 13.5. The van der Waals surface area contributed by atoms with Crippen molar-refractivity contribution in [3.63, 3.8) is 0 Å². The van der Waals surface area contributed by atoms with Gasteiger partial charge in [0.25, 0.3) is 5.91 Å². The first-order valence-corrected chi connectivity index (χ1v) is 9.66. The number of carbonyl (C=O) groups is 2. The van der Waals surface area contributed by atoms with Crippen LogP contribution in [0, 0.1) is 0 Å². The summed E-state index contributed by atoms with van der Waals surface area (Å²) in [5, 5.41) is 5.58. The van der Waals surface area contributed by atoms with E-state index in [4.69, 9.17) is 5.73 Å². The minimum atomic E-state index is -0.204. The summed E-state index contributed by atoms with van der Waals surface area (Å²) >= 11 is 0. The van der Waals surface area contributed by atoms with Crippen molar-refractivity contribution in [1.82, 2.24) is 15.5 Å². The molecule has 0 radical (unpaired) electrons. The minimum absolute atomic E-state index is 0. The molecule has 0 fully saturated rings. The van der Waals surface area contributed by atoms with E-state index in [1.807, 2.05) is 44.2 Å². The zero-order valence-electron chi connectivity index (χ0n) is 17.1. The summed E-state index contributed by atoms with van der Waals surface area (Å²) in [6.45, 7) is 5.79. The molecule has 0 aliphatic carbocycles. The molecule has 4 N–H and O–H groups in total. The Hall–Kier alpha value is -2.57. The Kier molecular flexibility index (Phi) is 10.8. The smallest absolute Gasteiger partial charge is 0.315 e. The highest BCUT2D eigenvalue weighted by atomic mass is 35.5. The van der Waals surface area contributed by atoms with E-state index < -0.39 is 0 Å². The molecule has 3 amide bonds. The number of halogens is 1. The van der Waals surface area contributed by atoms with E-state index in [1.54, 1.807) is 17.0 Å². The van der Waals surface area contributed by atoms with Crippen LogP contribution in [0.25, 0.3) is 0 Å². The molecule has 2 aromatic carbocycles. The van der Waals surface area contributed by atoms with Crippen LogP contribution in [0.15, 0.2) is 54.6 Å². The van der Waals surface area contributed by atoms with Crippen molar-refractivity contribution in [3.8, 4) is 0 Å². The molecule has 29 heavy (non-hydrogen) atoms. The normalized spacial score (nSPS) is 10.2. The predicted octanol–water partition coefficient (Wildman–Crippen LogP) is 2.96. The van der Waals surface area contributed by atoms with Crippen molar-refractivity contribution >= 4 is 24.3 Å². The molecule has 0 saturated heterocycles. The molecule has 0 heterocycles. The fraction of sp³-hybridized carbons (Fsp3) is 0.364. The number of nitrogens with zero attached hydrogens (tertiary/aromatic N) is 1. The van der Waals surface area contributed by atoms with E-state index in [2.05, 4.69) is 22.8 Å². The van der Waals surface area contributed by atoms with Crippen molar-refractivity contribution < 1.29 is 9.59 Å². The van der Waals surface area contributed by atoms with Gasteiger partial charge in [0.2, 0.25) is 0 Å². The summed E-state index contributed by atoms with van der Waals surface area (Å²) in [7, 11) is 0. The van der Waals surface area contributed by atoms with Gasteiger partial charge >= 0.3 is 6.03 Å². The molecule has 0 saturated carbocycles. The van der Waals surface area contributed by atoms with Crippen LogP contribution in [-0.2, 0) is 13.0 Å². The maximum atomic E-state index is 12.8. The number of hydrogen-bond acceptors (Lipinski definition) is 3. The molecular weight excluding hydrogens is 388 g/mol.